The zero-order chi connectivity index (χ0) is 18.9. The van der Waals surface area contributed by atoms with E-state index in [0.29, 0.717) is 6.54 Å². The standard InChI is InChI=1S/C21H22N4O2S/c26-21(22-12-18-15-8-11-28-19(15)7-10-27-18)17-6-3-9-25(17)20-14-4-1-2-5-16(14)23-13-24-20/h1-2,4-5,8,11,13,17-18H,3,6-7,9-10,12H2,(H,22,26)/t17-,18+/m0/s1. The molecule has 1 amide bonds. The molecule has 3 aromatic rings. The number of anilines is 1. The average Bonchev–Trinajstić information content (AvgIpc) is 3.41. The van der Waals surface area contributed by atoms with Gasteiger partial charge in [-0.05, 0) is 42.0 Å². The first-order valence-electron chi connectivity index (χ1n) is 9.73. The molecule has 0 spiro atoms. The predicted molar refractivity (Wildman–Crippen MR) is 110 cm³/mol. The Hall–Kier alpha value is -2.51. The number of rotatable bonds is 4. The molecule has 0 bridgehead atoms. The number of hydrogen-bond acceptors (Lipinski definition) is 6. The summed E-state index contributed by atoms with van der Waals surface area (Å²) in [5.41, 5.74) is 2.13. The third kappa shape index (κ3) is 3.14. The smallest absolute Gasteiger partial charge is 0.242 e. The van der Waals surface area contributed by atoms with E-state index in [1.54, 1.807) is 17.7 Å². The molecule has 0 aliphatic carbocycles. The molecule has 1 N–H and O–H groups in total. The van der Waals surface area contributed by atoms with Gasteiger partial charge in [0.2, 0.25) is 5.91 Å². The highest BCUT2D eigenvalue weighted by atomic mass is 32.1. The first kappa shape index (κ1) is 17.6. The van der Waals surface area contributed by atoms with Crippen molar-refractivity contribution in [3.05, 3.63) is 52.5 Å². The fourth-order valence-electron chi connectivity index (χ4n) is 4.22. The predicted octanol–water partition coefficient (Wildman–Crippen LogP) is 3.09. The number of carbonyl (C=O) groups excluding carboxylic acids is 1. The second-order valence-electron chi connectivity index (χ2n) is 7.22. The number of hydrogen-bond donors (Lipinski definition) is 1. The van der Waals surface area contributed by atoms with E-state index in [4.69, 9.17) is 4.74 Å². The van der Waals surface area contributed by atoms with Crippen molar-refractivity contribution in [1.82, 2.24) is 15.3 Å². The molecule has 5 rings (SSSR count). The lowest BCUT2D eigenvalue weighted by atomic mass is 10.1. The van der Waals surface area contributed by atoms with Crippen molar-refractivity contribution in [1.29, 1.82) is 0 Å². The quantitative estimate of drug-likeness (QED) is 0.737. The molecule has 28 heavy (non-hydrogen) atoms. The Labute approximate surface area is 167 Å². The Bertz CT molecular complexity index is 999. The van der Waals surface area contributed by atoms with Crippen molar-refractivity contribution in [3.63, 3.8) is 0 Å². The summed E-state index contributed by atoms with van der Waals surface area (Å²) in [4.78, 5) is 25.4. The van der Waals surface area contributed by atoms with Gasteiger partial charge in [0, 0.05) is 29.8 Å². The molecule has 1 saturated heterocycles. The zero-order valence-corrected chi connectivity index (χ0v) is 16.3. The zero-order valence-electron chi connectivity index (χ0n) is 15.5. The van der Waals surface area contributed by atoms with E-state index in [1.165, 1.54) is 10.4 Å². The van der Waals surface area contributed by atoms with Gasteiger partial charge >= 0.3 is 0 Å². The van der Waals surface area contributed by atoms with Crippen molar-refractivity contribution >= 4 is 34.0 Å². The van der Waals surface area contributed by atoms with Gasteiger partial charge in [0.1, 0.15) is 24.3 Å². The Morgan fingerprint density at radius 3 is 3.18 bits per heavy atom. The van der Waals surface area contributed by atoms with Crippen LogP contribution < -0.4 is 10.2 Å². The summed E-state index contributed by atoms with van der Waals surface area (Å²) in [6.45, 7) is 2.06. The van der Waals surface area contributed by atoms with Crippen LogP contribution in [0.25, 0.3) is 10.9 Å². The van der Waals surface area contributed by atoms with Crippen molar-refractivity contribution in [2.45, 2.75) is 31.4 Å². The van der Waals surface area contributed by atoms with Gasteiger partial charge in [-0.3, -0.25) is 4.79 Å². The normalized spacial score (nSPS) is 21.6. The van der Waals surface area contributed by atoms with Crippen molar-refractivity contribution in [3.8, 4) is 0 Å². The molecule has 2 aromatic heterocycles. The fraction of sp³-hybridized carbons (Fsp3) is 0.381. The summed E-state index contributed by atoms with van der Waals surface area (Å²) < 4.78 is 5.90. The number of carbonyl (C=O) groups is 1. The van der Waals surface area contributed by atoms with Gasteiger partial charge in [-0.15, -0.1) is 11.3 Å². The van der Waals surface area contributed by atoms with Crippen LogP contribution in [0, 0.1) is 0 Å². The Kier molecular flexibility index (Phi) is 4.70. The molecule has 0 saturated carbocycles. The minimum atomic E-state index is -0.205. The Morgan fingerprint density at radius 1 is 1.29 bits per heavy atom. The first-order chi connectivity index (χ1) is 13.8. The van der Waals surface area contributed by atoms with Crippen molar-refractivity contribution in [2.75, 3.05) is 24.6 Å². The molecule has 7 heteroatoms. The van der Waals surface area contributed by atoms with Gasteiger partial charge in [-0.25, -0.2) is 9.97 Å². The average molecular weight is 395 g/mol. The maximum absolute atomic E-state index is 13.0. The minimum absolute atomic E-state index is 0.0474. The monoisotopic (exact) mass is 394 g/mol. The van der Waals surface area contributed by atoms with Crippen molar-refractivity contribution < 1.29 is 9.53 Å². The fourth-order valence-corrected chi connectivity index (χ4v) is 5.13. The van der Waals surface area contributed by atoms with Gasteiger partial charge in [0.25, 0.3) is 0 Å². The molecule has 0 unspecified atom stereocenters. The highest BCUT2D eigenvalue weighted by Crippen LogP contribution is 2.32. The topological polar surface area (TPSA) is 67.3 Å². The largest absolute Gasteiger partial charge is 0.371 e. The summed E-state index contributed by atoms with van der Waals surface area (Å²) in [5.74, 6) is 0.892. The van der Waals surface area contributed by atoms with Crippen LogP contribution in [0.5, 0.6) is 0 Å². The Balaban J connectivity index is 1.32. The van der Waals surface area contributed by atoms with Gasteiger partial charge in [0.15, 0.2) is 0 Å². The molecule has 4 heterocycles. The van der Waals surface area contributed by atoms with Crippen LogP contribution in [0.1, 0.15) is 29.4 Å². The molecule has 2 aliphatic rings. The number of para-hydroxylation sites is 1. The van der Waals surface area contributed by atoms with E-state index >= 15 is 0 Å². The van der Waals surface area contributed by atoms with Gasteiger partial charge in [-0.2, -0.15) is 0 Å². The van der Waals surface area contributed by atoms with E-state index in [-0.39, 0.29) is 18.1 Å². The van der Waals surface area contributed by atoms with Crippen LogP contribution in [-0.4, -0.2) is 41.6 Å². The second-order valence-corrected chi connectivity index (χ2v) is 8.22. The summed E-state index contributed by atoms with van der Waals surface area (Å²) in [6.07, 6.45) is 4.31. The maximum Gasteiger partial charge on any atom is 0.242 e. The number of fused-ring (bicyclic) bond motifs is 2. The second kappa shape index (κ2) is 7.48. The van der Waals surface area contributed by atoms with Crippen LogP contribution in [0.3, 0.4) is 0 Å². The SMILES string of the molecule is O=C(NC[C@H]1OCCc2sccc21)[C@@H]1CCCN1c1ncnc2ccccc12. The summed E-state index contributed by atoms with van der Waals surface area (Å²) in [5, 5.41) is 6.22. The summed E-state index contributed by atoms with van der Waals surface area (Å²) >= 11 is 1.77. The Morgan fingerprint density at radius 2 is 2.21 bits per heavy atom. The molecule has 1 aromatic carbocycles. The molecular weight excluding hydrogens is 372 g/mol. The number of amides is 1. The lowest BCUT2D eigenvalue weighted by Crippen LogP contribution is -2.45. The van der Waals surface area contributed by atoms with E-state index in [0.717, 1.165) is 49.1 Å². The third-order valence-electron chi connectivity index (χ3n) is 5.59. The number of nitrogens with zero attached hydrogens (tertiary/aromatic N) is 3. The third-order valence-corrected chi connectivity index (χ3v) is 6.58. The first-order valence-corrected chi connectivity index (χ1v) is 10.6. The van der Waals surface area contributed by atoms with E-state index in [2.05, 4.69) is 31.6 Å². The number of thiophene rings is 1. The molecule has 2 aliphatic heterocycles. The van der Waals surface area contributed by atoms with E-state index in [9.17, 15) is 4.79 Å². The lowest BCUT2D eigenvalue weighted by Gasteiger charge is -2.28. The molecule has 144 valence electrons. The number of nitrogens with one attached hydrogen (secondary N) is 1. The number of benzene rings is 1. The molecule has 6 nitrogen and oxygen atoms in total. The maximum atomic E-state index is 13.0. The van der Waals surface area contributed by atoms with Crippen LogP contribution in [0.15, 0.2) is 42.0 Å². The van der Waals surface area contributed by atoms with Gasteiger partial charge in [-0.1, -0.05) is 12.1 Å². The van der Waals surface area contributed by atoms with Crippen LogP contribution in [0.2, 0.25) is 0 Å². The van der Waals surface area contributed by atoms with Gasteiger partial charge < -0.3 is 15.0 Å². The van der Waals surface area contributed by atoms with E-state index in [1.807, 2.05) is 24.3 Å². The van der Waals surface area contributed by atoms with E-state index < -0.39 is 0 Å². The summed E-state index contributed by atoms with van der Waals surface area (Å²) in [6, 6.07) is 9.86. The molecule has 1 fully saturated rings. The minimum Gasteiger partial charge on any atom is -0.371 e. The van der Waals surface area contributed by atoms with Crippen LogP contribution >= 0.6 is 11.3 Å². The highest BCUT2D eigenvalue weighted by Gasteiger charge is 2.33. The van der Waals surface area contributed by atoms with Gasteiger partial charge in [0.05, 0.1) is 12.1 Å². The highest BCUT2D eigenvalue weighted by molar-refractivity contribution is 7.10. The van der Waals surface area contributed by atoms with Crippen LogP contribution in [-0.2, 0) is 16.0 Å². The molecule has 2 atom stereocenters. The van der Waals surface area contributed by atoms with Crippen molar-refractivity contribution in [2.24, 2.45) is 0 Å². The van der Waals surface area contributed by atoms with Crippen LogP contribution in [0.4, 0.5) is 5.82 Å². The molecule has 0 radical (unpaired) electrons. The lowest BCUT2D eigenvalue weighted by molar-refractivity contribution is -0.123. The molecular formula is C21H22N4O2S. The number of aromatic nitrogens is 2. The number of ether oxygens (including phenoxy) is 1. The summed E-state index contributed by atoms with van der Waals surface area (Å²) in [7, 11) is 0.